The molecule has 0 aromatic carbocycles. The van der Waals surface area contributed by atoms with E-state index in [-0.39, 0.29) is 11.4 Å². The molecule has 4 bridgehead atoms. The molecule has 2 aromatic rings. The molecular formula is C21H25N3O2S. The van der Waals surface area contributed by atoms with Gasteiger partial charge in [0.05, 0.1) is 11.3 Å². The molecule has 0 unspecified atom stereocenters. The van der Waals surface area contributed by atoms with E-state index < -0.39 is 0 Å². The summed E-state index contributed by atoms with van der Waals surface area (Å²) in [6.07, 6.45) is 9.35. The Hall–Kier alpha value is -1.82. The third-order valence-corrected chi connectivity index (χ3v) is 7.51. The van der Waals surface area contributed by atoms with Crippen LogP contribution in [0.2, 0.25) is 0 Å². The molecule has 0 saturated heterocycles. The summed E-state index contributed by atoms with van der Waals surface area (Å²) in [5, 5.41) is 8.25. The van der Waals surface area contributed by atoms with E-state index in [2.05, 4.69) is 15.5 Å². The highest BCUT2D eigenvalue weighted by molar-refractivity contribution is 7.98. The molecule has 4 saturated carbocycles. The first-order chi connectivity index (χ1) is 13.1. The second-order valence-electron chi connectivity index (χ2n) is 8.73. The predicted molar refractivity (Wildman–Crippen MR) is 103 cm³/mol. The van der Waals surface area contributed by atoms with Gasteiger partial charge >= 0.3 is 0 Å². The Bertz CT molecular complexity index is 827. The third kappa shape index (κ3) is 3.40. The second-order valence-corrected chi connectivity index (χ2v) is 9.69. The maximum atomic E-state index is 13.2. The fourth-order valence-electron chi connectivity index (χ4n) is 5.88. The number of carbonyl (C=O) groups is 1. The lowest BCUT2D eigenvalue weighted by atomic mass is 9.53. The summed E-state index contributed by atoms with van der Waals surface area (Å²) in [7, 11) is 0. The first kappa shape index (κ1) is 17.3. The van der Waals surface area contributed by atoms with Crippen LogP contribution in [0.3, 0.4) is 0 Å². The molecule has 4 aliphatic carbocycles. The standard InChI is InChI=1S/C21H25N3O2S/c1-13-5-17(24-26-13)12-27-20-18(3-2-4-22-20)19(25)23-21-9-14-6-15(10-21)8-16(7-14)11-21/h2-5,14-16H,6-12H2,1H3,(H,23,25). The van der Waals surface area contributed by atoms with Crippen LogP contribution in [-0.2, 0) is 5.75 Å². The van der Waals surface area contributed by atoms with Gasteiger partial charge in [0.25, 0.3) is 5.91 Å². The van der Waals surface area contributed by atoms with Crippen LogP contribution in [0, 0.1) is 24.7 Å². The van der Waals surface area contributed by atoms with Crippen LogP contribution in [0.4, 0.5) is 0 Å². The van der Waals surface area contributed by atoms with Crippen molar-refractivity contribution in [1.29, 1.82) is 0 Å². The molecule has 0 atom stereocenters. The van der Waals surface area contributed by atoms with Crippen LogP contribution < -0.4 is 5.32 Å². The molecule has 142 valence electrons. The zero-order chi connectivity index (χ0) is 18.4. The quantitative estimate of drug-likeness (QED) is 0.777. The summed E-state index contributed by atoms with van der Waals surface area (Å²) in [5.74, 6) is 3.92. The number of thioether (sulfide) groups is 1. The van der Waals surface area contributed by atoms with Crippen molar-refractivity contribution >= 4 is 17.7 Å². The number of aromatic nitrogens is 2. The van der Waals surface area contributed by atoms with Crippen molar-refractivity contribution in [2.45, 2.75) is 61.8 Å². The van der Waals surface area contributed by atoms with Crippen LogP contribution in [-0.4, -0.2) is 21.6 Å². The Morgan fingerprint density at radius 1 is 1.26 bits per heavy atom. The topological polar surface area (TPSA) is 68.0 Å². The fourth-order valence-corrected chi connectivity index (χ4v) is 6.75. The van der Waals surface area contributed by atoms with E-state index in [1.165, 1.54) is 31.0 Å². The Kier molecular flexibility index (Phi) is 4.26. The highest BCUT2D eigenvalue weighted by Crippen LogP contribution is 2.55. The Morgan fingerprint density at radius 3 is 2.59 bits per heavy atom. The number of carbonyl (C=O) groups excluding carboxylic acids is 1. The monoisotopic (exact) mass is 383 g/mol. The lowest BCUT2D eigenvalue weighted by molar-refractivity contribution is -0.0167. The van der Waals surface area contributed by atoms with Gasteiger partial charge in [-0.05, 0) is 75.3 Å². The van der Waals surface area contributed by atoms with Crippen molar-refractivity contribution in [2.24, 2.45) is 17.8 Å². The number of rotatable bonds is 5. The van der Waals surface area contributed by atoms with Crippen LogP contribution >= 0.6 is 11.8 Å². The molecule has 0 aliphatic heterocycles. The van der Waals surface area contributed by atoms with E-state index in [4.69, 9.17) is 4.52 Å². The predicted octanol–water partition coefficient (Wildman–Crippen LogP) is 4.37. The zero-order valence-electron chi connectivity index (χ0n) is 15.6. The van der Waals surface area contributed by atoms with Gasteiger partial charge in [-0.2, -0.15) is 0 Å². The molecule has 27 heavy (non-hydrogen) atoms. The lowest BCUT2D eigenvalue weighted by Gasteiger charge is -2.56. The van der Waals surface area contributed by atoms with E-state index in [1.807, 2.05) is 25.1 Å². The number of pyridine rings is 1. The maximum Gasteiger partial charge on any atom is 0.254 e. The van der Waals surface area contributed by atoms with E-state index in [1.54, 1.807) is 6.20 Å². The molecule has 4 aliphatic rings. The van der Waals surface area contributed by atoms with Crippen LogP contribution in [0.15, 0.2) is 33.9 Å². The average Bonchev–Trinajstić information content (AvgIpc) is 3.04. The number of hydrogen-bond acceptors (Lipinski definition) is 5. The summed E-state index contributed by atoms with van der Waals surface area (Å²) >= 11 is 1.54. The van der Waals surface area contributed by atoms with Gasteiger partial charge in [-0.25, -0.2) is 4.98 Å². The minimum Gasteiger partial charge on any atom is -0.361 e. The smallest absolute Gasteiger partial charge is 0.254 e. The zero-order valence-corrected chi connectivity index (χ0v) is 16.4. The minimum atomic E-state index is 0.0207. The van der Waals surface area contributed by atoms with Crippen molar-refractivity contribution in [2.75, 3.05) is 0 Å². The molecule has 2 aromatic heterocycles. The minimum absolute atomic E-state index is 0.0207. The first-order valence-electron chi connectivity index (χ1n) is 9.91. The Labute approximate surface area is 163 Å². The molecule has 1 N–H and O–H groups in total. The van der Waals surface area contributed by atoms with Gasteiger partial charge in [0.15, 0.2) is 0 Å². The van der Waals surface area contributed by atoms with E-state index in [0.29, 0.717) is 11.3 Å². The van der Waals surface area contributed by atoms with E-state index >= 15 is 0 Å². The SMILES string of the molecule is Cc1cc(CSc2ncccc2C(=O)NC23CC4CC(CC(C4)C2)C3)no1. The lowest BCUT2D eigenvalue weighted by Crippen LogP contribution is -2.59. The highest BCUT2D eigenvalue weighted by Gasteiger charge is 2.51. The van der Waals surface area contributed by atoms with Crippen molar-refractivity contribution in [3.8, 4) is 0 Å². The summed E-state index contributed by atoms with van der Waals surface area (Å²) in [6.45, 7) is 1.88. The number of nitrogens with one attached hydrogen (secondary N) is 1. The number of amides is 1. The summed E-state index contributed by atoms with van der Waals surface area (Å²) in [6, 6.07) is 5.66. The molecule has 0 spiro atoms. The van der Waals surface area contributed by atoms with Gasteiger partial charge in [0.1, 0.15) is 10.8 Å². The van der Waals surface area contributed by atoms with Crippen LogP contribution in [0.25, 0.3) is 0 Å². The maximum absolute atomic E-state index is 13.2. The summed E-state index contributed by atoms with van der Waals surface area (Å²) in [4.78, 5) is 17.6. The summed E-state index contributed by atoms with van der Waals surface area (Å²) < 4.78 is 5.13. The molecule has 2 heterocycles. The van der Waals surface area contributed by atoms with Gasteiger partial charge in [-0.1, -0.05) is 16.9 Å². The van der Waals surface area contributed by atoms with Crippen molar-refractivity contribution < 1.29 is 9.32 Å². The molecule has 1 amide bonds. The van der Waals surface area contributed by atoms with Gasteiger partial charge in [0, 0.05) is 23.6 Å². The van der Waals surface area contributed by atoms with Crippen molar-refractivity contribution in [3.05, 3.63) is 41.4 Å². The molecule has 6 heteroatoms. The Balaban J connectivity index is 1.32. The van der Waals surface area contributed by atoms with E-state index in [0.717, 1.165) is 53.5 Å². The van der Waals surface area contributed by atoms with Crippen molar-refractivity contribution in [1.82, 2.24) is 15.5 Å². The van der Waals surface area contributed by atoms with Gasteiger partial charge < -0.3 is 9.84 Å². The van der Waals surface area contributed by atoms with Gasteiger partial charge in [-0.3, -0.25) is 4.79 Å². The molecule has 4 fully saturated rings. The first-order valence-corrected chi connectivity index (χ1v) is 10.9. The summed E-state index contributed by atoms with van der Waals surface area (Å²) in [5.41, 5.74) is 1.57. The molecule has 5 nitrogen and oxygen atoms in total. The molecule has 0 radical (unpaired) electrons. The number of hydrogen-bond donors (Lipinski definition) is 1. The van der Waals surface area contributed by atoms with Gasteiger partial charge in [-0.15, -0.1) is 0 Å². The number of aryl methyl sites for hydroxylation is 1. The fraction of sp³-hybridized carbons (Fsp3) is 0.571. The van der Waals surface area contributed by atoms with Gasteiger partial charge in [0.2, 0.25) is 0 Å². The molecule has 6 rings (SSSR count). The second kappa shape index (κ2) is 6.66. The molecular weight excluding hydrogens is 358 g/mol. The van der Waals surface area contributed by atoms with Crippen LogP contribution in [0.1, 0.15) is 60.3 Å². The average molecular weight is 384 g/mol. The normalized spacial score (nSPS) is 31.2. The third-order valence-electron chi connectivity index (χ3n) is 6.47. The number of nitrogens with zero attached hydrogens (tertiary/aromatic N) is 2. The largest absolute Gasteiger partial charge is 0.361 e. The van der Waals surface area contributed by atoms with E-state index in [9.17, 15) is 4.79 Å². The van der Waals surface area contributed by atoms with Crippen LogP contribution in [0.5, 0.6) is 0 Å². The Morgan fingerprint density at radius 2 is 1.96 bits per heavy atom. The van der Waals surface area contributed by atoms with Crippen molar-refractivity contribution in [3.63, 3.8) is 0 Å². The highest BCUT2D eigenvalue weighted by atomic mass is 32.2.